The summed E-state index contributed by atoms with van der Waals surface area (Å²) in [6, 6.07) is 20.0. The summed E-state index contributed by atoms with van der Waals surface area (Å²) in [5, 5.41) is 0. The molecule has 2 aromatic rings. The predicted molar refractivity (Wildman–Crippen MR) is 104 cm³/mol. The van der Waals surface area contributed by atoms with Gasteiger partial charge in [-0.05, 0) is 17.2 Å². The Balaban J connectivity index is 1.60. The van der Waals surface area contributed by atoms with E-state index in [2.05, 4.69) is 5.92 Å². The fourth-order valence-corrected chi connectivity index (χ4v) is 2.89. The van der Waals surface area contributed by atoms with Crippen LogP contribution in [0.1, 0.15) is 11.1 Å². The zero-order valence-electron chi connectivity index (χ0n) is 15.2. The Morgan fingerprint density at radius 1 is 0.889 bits per heavy atom. The van der Waals surface area contributed by atoms with Crippen LogP contribution in [0.2, 0.25) is 0 Å². The van der Waals surface area contributed by atoms with Gasteiger partial charge < -0.3 is 18.9 Å². The maximum absolute atomic E-state index is 6.14. The number of benzene rings is 2. The largest absolute Gasteiger partial charge is 0.493 e. The minimum atomic E-state index is -0.306. The molecule has 27 heavy (non-hydrogen) atoms. The van der Waals surface area contributed by atoms with Crippen LogP contribution in [-0.2, 0) is 32.2 Å². The van der Waals surface area contributed by atoms with Crippen LogP contribution in [0.5, 0.6) is 0 Å². The van der Waals surface area contributed by atoms with E-state index in [0.717, 1.165) is 11.1 Å². The molecule has 0 spiro atoms. The minimum absolute atomic E-state index is 0.220. The van der Waals surface area contributed by atoms with E-state index in [1.54, 1.807) is 6.26 Å². The lowest BCUT2D eigenvalue weighted by Crippen LogP contribution is -2.46. The van der Waals surface area contributed by atoms with Crippen molar-refractivity contribution < 1.29 is 18.9 Å². The van der Waals surface area contributed by atoms with Crippen LogP contribution < -0.4 is 0 Å². The first kappa shape index (κ1) is 19.2. The third kappa shape index (κ3) is 5.97. The molecule has 0 saturated carbocycles. The van der Waals surface area contributed by atoms with E-state index in [1.165, 1.54) is 0 Å². The number of rotatable bonds is 9. The van der Waals surface area contributed by atoms with Gasteiger partial charge in [-0.2, -0.15) is 0 Å². The summed E-state index contributed by atoms with van der Waals surface area (Å²) in [7, 11) is 0. The van der Waals surface area contributed by atoms with Crippen molar-refractivity contribution in [3.05, 3.63) is 84.1 Å². The van der Waals surface area contributed by atoms with Crippen molar-refractivity contribution in [2.24, 2.45) is 0 Å². The maximum Gasteiger partial charge on any atom is 0.150 e. The standard InChI is InChI=1S/C23H24O4/c1-2-14-25-21-13-15-26-22(18-24-16-19-9-5-3-6-10-19)23(21)27-17-20-11-7-4-8-12-20/h1,3-13,15,21-23H,14,16-18H2/t21-,22-,23+/m1/s1. The summed E-state index contributed by atoms with van der Waals surface area (Å²) in [6.45, 7) is 1.60. The van der Waals surface area contributed by atoms with Crippen LogP contribution in [0, 0.1) is 12.3 Å². The SMILES string of the molecule is C#CCO[C@@H]1C=CO[C@H](COCc2ccccc2)[C@H]1OCc1ccccc1. The molecule has 3 atom stereocenters. The Kier molecular flexibility index (Phi) is 7.49. The van der Waals surface area contributed by atoms with Gasteiger partial charge in [0.2, 0.25) is 0 Å². The van der Waals surface area contributed by atoms with Crippen molar-refractivity contribution in [1.29, 1.82) is 0 Å². The Labute approximate surface area is 160 Å². The van der Waals surface area contributed by atoms with Crippen molar-refractivity contribution in [2.45, 2.75) is 31.5 Å². The van der Waals surface area contributed by atoms with Gasteiger partial charge in [0.1, 0.15) is 24.9 Å². The van der Waals surface area contributed by atoms with Crippen LogP contribution in [0.3, 0.4) is 0 Å². The first-order valence-electron chi connectivity index (χ1n) is 9.01. The molecule has 4 heteroatoms. The topological polar surface area (TPSA) is 36.9 Å². The van der Waals surface area contributed by atoms with Gasteiger partial charge in [0.25, 0.3) is 0 Å². The lowest BCUT2D eigenvalue weighted by atomic mass is 10.1. The molecule has 0 aliphatic carbocycles. The van der Waals surface area contributed by atoms with Gasteiger partial charge in [-0.3, -0.25) is 0 Å². The molecule has 140 valence electrons. The number of hydrogen-bond donors (Lipinski definition) is 0. The molecule has 4 nitrogen and oxygen atoms in total. The van der Waals surface area contributed by atoms with Gasteiger partial charge in [0.15, 0.2) is 0 Å². The van der Waals surface area contributed by atoms with Gasteiger partial charge in [-0.1, -0.05) is 66.6 Å². The molecule has 1 aliphatic rings. The van der Waals surface area contributed by atoms with E-state index < -0.39 is 0 Å². The second kappa shape index (κ2) is 10.5. The van der Waals surface area contributed by atoms with E-state index in [0.29, 0.717) is 19.8 Å². The number of hydrogen-bond acceptors (Lipinski definition) is 4. The molecule has 3 rings (SSSR count). The summed E-state index contributed by atoms with van der Waals surface area (Å²) >= 11 is 0. The second-order valence-electron chi connectivity index (χ2n) is 6.24. The van der Waals surface area contributed by atoms with Gasteiger partial charge in [-0.15, -0.1) is 6.42 Å². The Bertz CT molecular complexity index is 736. The minimum Gasteiger partial charge on any atom is -0.493 e. The van der Waals surface area contributed by atoms with Crippen LogP contribution in [-0.4, -0.2) is 31.5 Å². The average molecular weight is 364 g/mol. The fourth-order valence-electron chi connectivity index (χ4n) is 2.89. The fraction of sp³-hybridized carbons (Fsp3) is 0.304. The Morgan fingerprint density at radius 3 is 2.22 bits per heavy atom. The van der Waals surface area contributed by atoms with Crippen LogP contribution in [0.25, 0.3) is 0 Å². The highest BCUT2D eigenvalue weighted by molar-refractivity contribution is 5.14. The third-order valence-corrected chi connectivity index (χ3v) is 4.25. The highest BCUT2D eigenvalue weighted by Crippen LogP contribution is 2.21. The van der Waals surface area contributed by atoms with E-state index in [-0.39, 0.29) is 24.9 Å². The molecule has 2 aromatic carbocycles. The summed E-state index contributed by atoms with van der Waals surface area (Å²) in [6.07, 6.45) is 7.96. The molecule has 0 fully saturated rings. The quantitative estimate of drug-likeness (QED) is 0.636. The molecule has 0 unspecified atom stereocenters. The summed E-state index contributed by atoms with van der Waals surface area (Å²) in [4.78, 5) is 0. The molecule has 0 amide bonds. The van der Waals surface area contributed by atoms with E-state index in [4.69, 9.17) is 25.4 Å². The molecule has 1 aliphatic heterocycles. The number of ether oxygens (including phenoxy) is 4. The monoisotopic (exact) mass is 364 g/mol. The van der Waals surface area contributed by atoms with Crippen LogP contribution in [0.15, 0.2) is 73.0 Å². The molecule has 0 aromatic heterocycles. The van der Waals surface area contributed by atoms with Gasteiger partial charge in [0, 0.05) is 0 Å². The zero-order chi connectivity index (χ0) is 18.7. The Hall–Kier alpha value is -2.58. The van der Waals surface area contributed by atoms with Gasteiger partial charge in [-0.25, -0.2) is 0 Å². The lowest BCUT2D eigenvalue weighted by Gasteiger charge is -2.34. The van der Waals surface area contributed by atoms with Crippen molar-refractivity contribution in [1.82, 2.24) is 0 Å². The molecule has 0 radical (unpaired) electrons. The number of terminal acetylenes is 1. The van der Waals surface area contributed by atoms with Gasteiger partial charge in [0.05, 0.1) is 26.1 Å². The molecular formula is C23H24O4. The first-order valence-corrected chi connectivity index (χ1v) is 9.01. The van der Waals surface area contributed by atoms with E-state index >= 15 is 0 Å². The molecule has 1 heterocycles. The lowest BCUT2D eigenvalue weighted by molar-refractivity contribution is -0.141. The van der Waals surface area contributed by atoms with Crippen molar-refractivity contribution >= 4 is 0 Å². The first-order chi connectivity index (χ1) is 13.4. The summed E-state index contributed by atoms with van der Waals surface area (Å²) in [5.41, 5.74) is 2.21. The highest BCUT2D eigenvalue weighted by atomic mass is 16.6. The van der Waals surface area contributed by atoms with Gasteiger partial charge >= 0.3 is 0 Å². The van der Waals surface area contributed by atoms with Crippen LogP contribution in [0.4, 0.5) is 0 Å². The average Bonchev–Trinajstić information content (AvgIpc) is 2.73. The Morgan fingerprint density at radius 2 is 1.56 bits per heavy atom. The highest BCUT2D eigenvalue weighted by Gasteiger charge is 2.34. The van der Waals surface area contributed by atoms with E-state index in [1.807, 2.05) is 66.7 Å². The summed E-state index contributed by atoms with van der Waals surface area (Å²) in [5.74, 6) is 2.51. The molecule has 0 bridgehead atoms. The van der Waals surface area contributed by atoms with Crippen molar-refractivity contribution in [3.8, 4) is 12.3 Å². The third-order valence-electron chi connectivity index (χ3n) is 4.25. The molecular weight excluding hydrogens is 340 g/mol. The molecule has 0 N–H and O–H groups in total. The zero-order valence-corrected chi connectivity index (χ0v) is 15.2. The smallest absolute Gasteiger partial charge is 0.150 e. The maximum atomic E-state index is 6.14. The van der Waals surface area contributed by atoms with Crippen molar-refractivity contribution in [3.63, 3.8) is 0 Å². The normalized spacial score (nSPS) is 21.4. The van der Waals surface area contributed by atoms with E-state index in [9.17, 15) is 0 Å². The molecule has 0 saturated heterocycles. The van der Waals surface area contributed by atoms with Crippen LogP contribution >= 0.6 is 0 Å². The predicted octanol–water partition coefficient (Wildman–Crippen LogP) is 3.72. The summed E-state index contributed by atoms with van der Waals surface area (Å²) < 4.78 is 23.5. The second-order valence-corrected chi connectivity index (χ2v) is 6.24. The van der Waals surface area contributed by atoms with Crippen molar-refractivity contribution in [2.75, 3.05) is 13.2 Å².